The minimum absolute atomic E-state index is 0.0867. The van der Waals surface area contributed by atoms with Crippen LogP contribution in [0.4, 0.5) is 4.79 Å². The molecule has 1 aromatic rings. The molecule has 0 spiro atoms. The van der Waals surface area contributed by atoms with Crippen LogP contribution in [0.25, 0.3) is 0 Å². The number of hydrogen-bond acceptors (Lipinski definition) is 6. The number of morpholine rings is 1. The molecule has 1 saturated heterocycles. The number of carbonyl (C=O) groups is 2. The second-order valence-corrected chi connectivity index (χ2v) is 6.61. The zero-order chi connectivity index (χ0) is 18.7. The monoisotopic (exact) mass is 363 g/mol. The third-order valence-electron chi connectivity index (χ3n) is 4.35. The van der Waals surface area contributed by atoms with E-state index in [9.17, 15) is 9.59 Å². The first-order chi connectivity index (χ1) is 12.5. The number of hydrogen-bond donors (Lipinski definition) is 2. The number of rotatable bonds is 5. The van der Waals surface area contributed by atoms with E-state index in [4.69, 9.17) is 13.9 Å². The smallest absolute Gasteiger partial charge is 0.338 e. The van der Waals surface area contributed by atoms with Gasteiger partial charge in [0.1, 0.15) is 11.8 Å². The van der Waals surface area contributed by atoms with Gasteiger partial charge in [-0.05, 0) is 32.9 Å². The largest absolute Gasteiger partial charge is 0.467 e. The number of urea groups is 1. The molecule has 2 N–H and O–H groups in total. The second-order valence-electron chi connectivity index (χ2n) is 6.61. The van der Waals surface area contributed by atoms with Crippen molar-refractivity contribution in [1.29, 1.82) is 0 Å². The summed E-state index contributed by atoms with van der Waals surface area (Å²) >= 11 is 0. The van der Waals surface area contributed by atoms with Crippen molar-refractivity contribution in [3.8, 4) is 0 Å². The van der Waals surface area contributed by atoms with Gasteiger partial charge in [0.25, 0.3) is 0 Å². The van der Waals surface area contributed by atoms with E-state index in [2.05, 4.69) is 15.5 Å². The van der Waals surface area contributed by atoms with E-state index in [0.29, 0.717) is 23.6 Å². The predicted molar refractivity (Wildman–Crippen MR) is 93.2 cm³/mol. The lowest BCUT2D eigenvalue weighted by Crippen LogP contribution is -2.51. The average molecular weight is 363 g/mol. The van der Waals surface area contributed by atoms with Crippen LogP contribution in [0.15, 0.2) is 34.1 Å². The highest BCUT2D eigenvalue weighted by atomic mass is 16.5. The lowest BCUT2D eigenvalue weighted by molar-refractivity contribution is -0.139. The molecule has 2 aliphatic rings. The Morgan fingerprint density at radius 2 is 2.08 bits per heavy atom. The summed E-state index contributed by atoms with van der Waals surface area (Å²) in [7, 11) is 0. The molecule has 0 aromatic carbocycles. The Balaban J connectivity index is 1.93. The van der Waals surface area contributed by atoms with Gasteiger partial charge < -0.3 is 24.5 Å². The van der Waals surface area contributed by atoms with Crippen molar-refractivity contribution in [2.75, 3.05) is 26.2 Å². The van der Waals surface area contributed by atoms with Crippen molar-refractivity contribution >= 4 is 12.0 Å². The Morgan fingerprint density at radius 3 is 2.69 bits per heavy atom. The van der Waals surface area contributed by atoms with Gasteiger partial charge in [-0.2, -0.15) is 0 Å². The highest BCUT2D eigenvalue weighted by Crippen LogP contribution is 2.28. The number of amides is 2. The number of ether oxygens (including phenoxy) is 2. The summed E-state index contributed by atoms with van der Waals surface area (Å²) in [6, 6.07) is 2.40. The highest BCUT2D eigenvalue weighted by molar-refractivity contribution is 5.95. The molecule has 1 aromatic heterocycles. The second kappa shape index (κ2) is 7.92. The maximum atomic E-state index is 12.6. The van der Waals surface area contributed by atoms with Gasteiger partial charge in [0.05, 0.1) is 30.7 Å². The maximum absolute atomic E-state index is 12.6. The topological polar surface area (TPSA) is 93.0 Å². The van der Waals surface area contributed by atoms with Gasteiger partial charge in [-0.3, -0.25) is 4.90 Å². The van der Waals surface area contributed by atoms with E-state index in [0.717, 1.165) is 13.1 Å². The molecule has 2 aliphatic heterocycles. The molecule has 3 unspecified atom stereocenters. The van der Waals surface area contributed by atoms with Gasteiger partial charge in [-0.25, -0.2) is 9.59 Å². The number of nitrogens with one attached hydrogen (secondary N) is 2. The van der Waals surface area contributed by atoms with Crippen molar-refractivity contribution in [2.45, 2.75) is 39.0 Å². The van der Waals surface area contributed by atoms with Crippen LogP contribution in [0.5, 0.6) is 0 Å². The summed E-state index contributed by atoms with van der Waals surface area (Å²) in [6.07, 6.45) is 1.68. The van der Waals surface area contributed by atoms with Crippen molar-refractivity contribution < 1.29 is 23.5 Å². The first-order valence-electron chi connectivity index (χ1n) is 8.86. The van der Waals surface area contributed by atoms with Gasteiger partial charge >= 0.3 is 12.0 Å². The van der Waals surface area contributed by atoms with Crippen LogP contribution >= 0.6 is 0 Å². The Labute approximate surface area is 152 Å². The van der Waals surface area contributed by atoms with Crippen molar-refractivity contribution in [1.82, 2.24) is 15.5 Å². The van der Waals surface area contributed by atoms with Crippen LogP contribution in [-0.4, -0.2) is 55.3 Å². The first-order valence-corrected chi connectivity index (χ1v) is 8.86. The van der Waals surface area contributed by atoms with Crippen LogP contribution in [0, 0.1) is 0 Å². The molecule has 3 atom stereocenters. The minimum Gasteiger partial charge on any atom is -0.467 e. The summed E-state index contributed by atoms with van der Waals surface area (Å²) in [5.41, 5.74) is 0.906. The molecule has 0 radical (unpaired) electrons. The predicted octanol–water partition coefficient (Wildman–Crippen LogP) is 1.56. The fourth-order valence-corrected chi connectivity index (χ4v) is 3.50. The lowest BCUT2D eigenvalue weighted by atomic mass is 9.99. The van der Waals surface area contributed by atoms with E-state index in [1.807, 2.05) is 13.8 Å². The van der Waals surface area contributed by atoms with E-state index >= 15 is 0 Å². The summed E-state index contributed by atoms with van der Waals surface area (Å²) < 4.78 is 16.4. The van der Waals surface area contributed by atoms with E-state index in [1.54, 1.807) is 19.1 Å². The van der Waals surface area contributed by atoms with Gasteiger partial charge in [0.2, 0.25) is 0 Å². The molecule has 1 fully saturated rings. The van der Waals surface area contributed by atoms with Gasteiger partial charge in [-0.15, -0.1) is 0 Å². The molecule has 0 saturated carbocycles. The number of carbonyl (C=O) groups excluding carboxylic acids is 2. The highest BCUT2D eigenvalue weighted by Gasteiger charge is 2.36. The van der Waals surface area contributed by atoms with Gasteiger partial charge in [0, 0.05) is 25.3 Å². The minimum atomic E-state index is -0.677. The van der Waals surface area contributed by atoms with Crippen LogP contribution in [0.1, 0.15) is 32.6 Å². The number of furan rings is 1. The standard InChI is InChI=1S/C18H25N3O5/c1-4-24-17(22)15-13(10-21-8-11(2)26-12(3)9-21)19-18(23)20-16(15)14-6-5-7-25-14/h5-7,11-12,16H,4,8-10H2,1-3H3,(H2,19,20,23). The fraction of sp³-hybridized carbons (Fsp3) is 0.556. The molecule has 8 nitrogen and oxygen atoms in total. The summed E-state index contributed by atoms with van der Waals surface area (Å²) in [6.45, 7) is 7.89. The van der Waals surface area contributed by atoms with Gasteiger partial charge in [-0.1, -0.05) is 0 Å². The van der Waals surface area contributed by atoms with Crippen molar-refractivity contribution in [3.63, 3.8) is 0 Å². The Hall–Kier alpha value is -2.32. The quantitative estimate of drug-likeness (QED) is 0.771. The van der Waals surface area contributed by atoms with Gasteiger partial charge in [0.15, 0.2) is 0 Å². The normalized spacial score (nSPS) is 27.0. The summed E-state index contributed by atoms with van der Waals surface area (Å²) in [5.74, 6) is 0.0230. The maximum Gasteiger partial charge on any atom is 0.338 e. The van der Waals surface area contributed by atoms with E-state index < -0.39 is 12.0 Å². The third-order valence-corrected chi connectivity index (χ3v) is 4.35. The first kappa shape index (κ1) is 18.5. The van der Waals surface area contributed by atoms with Crippen molar-refractivity contribution in [2.24, 2.45) is 0 Å². The molecular formula is C18H25N3O5. The Morgan fingerprint density at radius 1 is 1.35 bits per heavy atom. The van der Waals surface area contributed by atoms with E-state index in [1.165, 1.54) is 6.26 Å². The van der Waals surface area contributed by atoms with Crippen LogP contribution < -0.4 is 10.6 Å². The zero-order valence-corrected chi connectivity index (χ0v) is 15.3. The molecule has 3 heterocycles. The molecule has 2 amide bonds. The number of nitrogens with zero attached hydrogens (tertiary/aromatic N) is 1. The third kappa shape index (κ3) is 4.08. The summed E-state index contributed by atoms with van der Waals surface area (Å²) in [4.78, 5) is 27.0. The average Bonchev–Trinajstić information content (AvgIpc) is 3.07. The molecule has 142 valence electrons. The van der Waals surface area contributed by atoms with Crippen LogP contribution in [-0.2, 0) is 14.3 Å². The molecule has 8 heteroatoms. The fourth-order valence-electron chi connectivity index (χ4n) is 3.50. The van der Waals surface area contributed by atoms with Crippen molar-refractivity contribution in [3.05, 3.63) is 35.4 Å². The number of esters is 1. The summed E-state index contributed by atoms with van der Waals surface area (Å²) in [5, 5.41) is 5.53. The molecule has 3 rings (SSSR count). The molecule has 0 bridgehead atoms. The van der Waals surface area contributed by atoms with Crippen LogP contribution in [0.3, 0.4) is 0 Å². The molecular weight excluding hydrogens is 338 g/mol. The van der Waals surface area contributed by atoms with E-state index in [-0.39, 0.29) is 24.8 Å². The SMILES string of the molecule is CCOC(=O)C1=C(CN2CC(C)OC(C)C2)NC(=O)NC1c1ccco1. The Bertz CT molecular complexity index is 675. The lowest BCUT2D eigenvalue weighted by Gasteiger charge is -2.37. The molecule has 0 aliphatic carbocycles. The molecule has 26 heavy (non-hydrogen) atoms. The van der Waals surface area contributed by atoms with Crippen LogP contribution in [0.2, 0.25) is 0 Å². The Kier molecular flexibility index (Phi) is 5.63. The zero-order valence-electron chi connectivity index (χ0n) is 15.3.